The molecule has 29 heavy (non-hydrogen) atoms. The summed E-state index contributed by atoms with van der Waals surface area (Å²) in [5, 5.41) is 12.4. The largest absolute Gasteiger partial charge is 0.325 e. The molecule has 6 nitrogen and oxygen atoms in total. The standard InChI is InChI=1S/C22H27N5OS/c1-5-16(4)27-21(18-10-12-23-13-11-18)25-26-22(27)29-14-20(28)24-19-8-6-17(7-9-19)15(2)3/h6-13,15-16H,5,14H2,1-4H3,(H,24,28). The zero-order chi connectivity index (χ0) is 20.8. The smallest absolute Gasteiger partial charge is 0.234 e. The highest BCUT2D eigenvalue weighted by molar-refractivity contribution is 7.99. The van der Waals surface area contributed by atoms with Crippen molar-refractivity contribution in [3.05, 3.63) is 54.4 Å². The van der Waals surface area contributed by atoms with Crippen LogP contribution in [0.2, 0.25) is 0 Å². The van der Waals surface area contributed by atoms with Gasteiger partial charge in [-0.1, -0.05) is 44.7 Å². The van der Waals surface area contributed by atoms with Gasteiger partial charge in [-0.15, -0.1) is 10.2 Å². The van der Waals surface area contributed by atoms with Crippen LogP contribution in [0.1, 0.15) is 51.6 Å². The number of pyridine rings is 1. The van der Waals surface area contributed by atoms with Crippen molar-refractivity contribution in [3.63, 3.8) is 0 Å². The molecule has 1 unspecified atom stereocenters. The van der Waals surface area contributed by atoms with Crippen molar-refractivity contribution in [2.45, 2.75) is 51.2 Å². The molecule has 3 rings (SSSR count). The van der Waals surface area contributed by atoms with Crippen LogP contribution in [0.15, 0.2) is 53.9 Å². The van der Waals surface area contributed by atoms with Crippen LogP contribution in [0.4, 0.5) is 5.69 Å². The molecule has 0 aliphatic heterocycles. The summed E-state index contributed by atoms with van der Waals surface area (Å²) < 4.78 is 2.10. The molecule has 2 aromatic heterocycles. The first kappa shape index (κ1) is 21.0. The molecule has 0 saturated heterocycles. The van der Waals surface area contributed by atoms with Gasteiger partial charge < -0.3 is 5.32 Å². The second-order valence-corrected chi connectivity index (χ2v) is 8.23. The van der Waals surface area contributed by atoms with Gasteiger partial charge >= 0.3 is 0 Å². The number of hydrogen-bond acceptors (Lipinski definition) is 5. The van der Waals surface area contributed by atoms with Crippen molar-refractivity contribution < 1.29 is 4.79 Å². The van der Waals surface area contributed by atoms with Gasteiger partial charge in [0.15, 0.2) is 11.0 Å². The van der Waals surface area contributed by atoms with Gasteiger partial charge in [0.25, 0.3) is 0 Å². The van der Waals surface area contributed by atoms with E-state index in [9.17, 15) is 4.79 Å². The lowest BCUT2D eigenvalue weighted by atomic mass is 10.0. The van der Waals surface area contributed by atoms with Gasteiger partial charge in [-0.05, 0) is 49.1 Å². The Bertz CT molecular complexity index is 938. The van der Waals surface area contributed by atoms with E-state index >= 15 is 0 Å². The highest BCUT2D eigenvalue weighted by Crippen LogP contribution is 2.29. The minimum absolute atomic E-state index is 0.0588. The van der Waals surface area contributed by atoms with Crippen LogP contribution in [-0.2, 0) is 4.79 Å². The molecule has 1 atom stereocenters. The summed E-state index contributed by atoms with van der Waals surface area (Å²) in [6, 6.07) is 12.1. The van der Waals surface area contributed by atoms with Crippen LogP contribution in [0.3, 0.4) is 0 Å². The first-order valence-corrected chi connectivity index (χ1v) is 10.9. The Balaban J connectivity index is 1.70. The fourth-order valence-corrected chi connectivity index (χ4v) is 3.77. The van der Waals surface area contributed by atoms with Crippen molar-refractivity contribution in [2.75, 3.05) is 11.1 Å². The van der Waals surface area contributed by atoms with E-state index in [1.54, 1.807) is 12.4 Å². The van der Waals surface area contributed by atoms with E-state index < -0.39 is 0 Å². The average Bonchev–Trinajstić information content (AvgIpc) is 3.16. The van der Waals surface area contributed by atoms with Crippen LogP contribution in [0, 0.1) is 0 Å². The van der Waals surface area contributed by atoms with Crippen molar-refractivity contribution in [1.82, 2.24) is 19.7 Å². The summed E-state index contributed by atoms with van der Waals surface area (Å²) in [7, 11) is 0. The third kappa shape index (κ3) is 5.23. The lowest BCUT2D eigenvalue weighted by Gasteiger charge is -2.16. The van der Waals surface area contributed by atoms with E-state index in [0.717, 1.165) is 28.7 Å². The highest BCUT2D eigenvalue weighted by atomic mass is 32.2. The Hall–Kier alpha value is -2.67. The summed E-state index contributed by atoms with van der Waals surface area (Å²) >= 11 is 1.40. The Morgan fingerprint density at radius 1 is 1.07 bits per heavy atom. The van der Waals surface area contributed by atoms with E-state index in [2.05, 4.69) is 52.8 Å². The second-order valence-electron chi connectivity index (χ2n) is 7.28. The number of anilines is 1. The maximum Gasteiger partial charge on any atom is 0.234 e. The molecule has 0 fully saturated rings. The van der Waals surface area contributed by atoms with Crippen molar-refractivity contribution >= 4 is 23.4 Å². The minimum atomic E-state index is -0.0588. The SMILES string of the molecule is CCC(C)n1c(SCC(=O)Nc2ccc(C(C)C)cc2)nnc1-c1ccncc1. The molecule has 1 amide bonds. The average molecular weight is 410 g/mol. The molecule has 0 radical (unpaired) electrons. The molecule has 152 valence electrons. The van der Waals surface area contributed by atoms with Crippen molar-refractivity contribution in [1.29, 1.82) is 0 Å². The van der Waals surface area contributed by atoms with E-state index in [1.807, 2.05) is 36.4 Å². The fourth-order valence-electron chi connectivity index (χ4n) is 2.93. The van der Waals surface area contributed by atoms with E-state index in [1.165, 1.54) is 17.3 Å². The second kappa shape index (κ2) is 9.69. The number of thioether (sulfide) groups is 1. The first-order chi connectivity index (χ1) is 14.0. The number of amides is 1. The summed E-state index contributed by atoms with van der Waals surface area (Å²) in [4.78, 5) is 16.5. The third-order valence-electron chi connectivity index (χ3n) is 4.83. The topological polar surface area (TPSA) is 72.7 Å². The number of nitrogens with one attached hydrogen (secondary N) is 1. The van der Waals surface area contributed by atoms with Crippen LogP contribution < -0.4 is 5.32 Å². The van der Waals surface area contributed by atoms with Gasteiger partial charge in [0, 0.05) is 29.7 Å². The Kier molecular flexibility index (Phi) is 7.04. The summed E-state index contributed by atoms with van der Waals surface area (Å²) in [6.45, 7) is 8.56. The number of aromatic nitrogens is 4. The monoisotopic (exact) mass is 409 g/mol. The van der Waals surface area contributed by atoms with Crippen LogP contribution in [-0.4, -0.2) is 31.4 Å². The molecule has 0 spiro atoms. The summed E-state index contributed by atoms with van der Waals surface area (Å²) in [5.74, 6) is 1.49. The van der Waals surface area contributed by atoms with Crippen LogP contribution in [0.25, 0.3) is 11.4 Å². The molecular formula is C22H27N5OS. The predicted octanol–water partition coefficient (Wildman–Crippen LogP) is 5.17. The Morgan fingerprint density at radius 2 is 1.76 bits per heavy atom. The summed E-state index contributed by atoms with van der Waals surface area (Å²) in [6.07, 6.45) is 4.43. The van der Waals surface area contributed by atoms with Crippen LogP contribution in [0.5, 0.6) is 0 Å². The number of benzene rings is 1. The maximum absolute atomic E-state index is 12.4. The van der Waals surface area contributed by atoms with Crippen molar-refractivity contribution in [2.24, 2.45) is 0 Å². The Labute approximate surface area is 176 Å². The predicted molar refractivity (Wildman–Crippen MR) is 118 cm³/mol. The lowest BCUT2D eigenvalue weighted by molar-refractivity contribution is -0.113. The Morgan fingerprint density at radius 3 is 2.38 bits per heavy atom. The minimum Gasteiger partial charge on any atom is -0.325 e. The van der Waals surface area contributed by atoms with E-state index in [0.29, 0.717) is 5.92 Å². The normalized spacial score (nSPS) is 12.2. The van der Waals surface area contributed by atoms with Gasteiger partial charge in [-0.2, -0.15) is 0 Å². The van der Waals surface area contributed by atoms with Crippen molar-refractivity contribution in [3.8, 4) is 11.4 Å². The van der Waals surface area contributed by atoms with Crippen LogP contribution >= 0.6 is 11.8 Å². The lowest BCUT2D eigenvalue weighted by Crippen LogP contribution is -2.15. The number of hydrogen-bond donors (Lipinski definition) is 1. The molecule has 0 aliphatic carbocycles. The van der Waals surface area contributed by atoms with E-state index in [4.69, 9.17) is 0 Å². The summed E-state index contributed by atoms with van der Waals surface area (Å²) in [5.41, 5.74) is 3.03. The zero-order valence-electron chi connectivity index (χ0n) is 17.3. The zero-order valence-corrected chi connectivity index (χ0v) is 18.1. The highest BCUT2D eigenvalue weighted by Gasteiger charge is 2.19. The van der Waals surface area contributed by atoms with Gasteiger partial charge in [-0.3, -0.25) is 14.3 Å². The molecule has 7 heteroatoms. The molecule has 0 aliphatic rings. The maximum atomic E-state index is 12.4. The quantitative estimate of drug-likeness (QED) is 0.520. The molecular weight excluding hydrogens is 382 g/mol. The molecule has 1 aromatic carbocycles. The molecule has 0 bridgehead atoms. The molecule has 1 N–H and O–H groups in total. The first-order valence-electron chi connectivity index (χ1n) is 9.87. The number of rotatable bonds is 8. The molecule has 2 heterocycles. The third-order valence-corrected chi connectivity index (χ3v) is 5.77. The molecule has 0 saturated carbocycles. The molecule has 3 aromatic rings. The van der Waals surface area contributed by atoms with Gasteiger partial charge in [-0.25, -0.2) is 0 Å². The van der Waals surface area contributed by atoms with Gasteiger partial charge in [0.2, 0.25) is 5.91 Å². The number of carbonyl (C=O) groups is 1. The van der Waals surface area contributed by atoms with Gasteiger partial charge in [0.1, 0.15) is 0 Å². The number of carbonyl (C=O) groups excluding carboxylic acids is 1. The van der Waals surface area contributed by atoms with Gasteiger partial charge in [0.05, 0.1) is 5.75 Å². The fraction of sp³-hybridized carbons (Fsp3) is 0.364. The number of nitrogens with zero attached hydrogens (tertiary/aromatic N) is 4. The van der Waals surface area contributed by atoms with E-state index in [-0.39, 0.29) is 17.7 Å².